The molecule has 0 amide bonds. The maximum atomic E-state index is 10.6. The Morgan fingerprint density at radius 1 is 1.04 bits per heavy atom. The van der Waals surface area contributed by atoms with Crippen molar-refractivity contribution in [3.05, 3.63) is 66.7 Å². The van der Waals surface area contributed by atoms with Crippen molar-refractivity contribution < 1.29 is 14.6 Å². The number of ether oxygens (including phenoxy) is 1. The molecule has 0 radical (unpaired) electrons. The molecule has 0 bridgehead atoms. The zero-order valence-corrected chi connectivity index (χ0v) is 11.7. The monoisotopic (exact) mass is 318 g/mol. The summed E-state index contributed by atoms with van der Waals surface area (Å²) in [5.74, 6) is -0.749. The van der Waals surface area contributed by atoms with Gasteiger partial charge in [0.15, 0.2) is 6.61 Å². The van der Waals surface area contributed by atoms with E-state index in [9.17, 15) is 4.79 Å². The van der Waals surface area contributed by atoms with Gasteiger partial charge in [-0.3, -0.25) is 0 Å². The molecule has 1 heterocycles. The number of carboxylic acid groups (broad SMARTS) is 1. The summed E-state index contributed by atoms with van der Waals surface area (Å²) in [4.78, 5) is 10.6. The number of benzene rings is 2. The van der Waals surface area contributed by atoms with Gasteiger partial charge in [0.05, 0.1) is 11.4 Å². The Hall–Kier alpha value is -2.08. The quantitative estimate of drug-likeness (QED) is 0.734. The van der Waals surface area contributed by atoms with Gasteiger partial charge in [-0.15, -0.1) is 5.10 Å². The van der Waals surface area contributed by atoms with Crippen molar-refractivity contribution in [1.82, 2.24) is 9.78 Å². The van der Waals surface area contributed by atoms with Crippen LogP contribution in [0.3, 0.4) is 0 Å². The fraction of sp³-hybridized carbons (Fsp3) is 0.0588. The normalized spacial score (nSPS) is 9.91. The van der Waals surface area contributed by atoms with Crippen molar-refractivity contribution in [2.75, 3.05) is 6.61 Å². The third-order valence-electron chi connectivity index (χ3n) is 3.10. The second-order valence-corrected chi connectivity index (χ2v) is 4.66. The molecular weight excluding hydrogens is 303 g/mol. The van der Waals surface area contributed by atoms with Crippen LogP contribution in [0.15, 0.2) is 66.7 Å². The average molecular weight is 318 g/mol. The van der Waals surface area contributed by atoms with E-state index in [2.05, 4.69) is 5.10 Å². The molecule has 0 spiro atoms. The maximum absolute atomic E-state index is 10.6. The van der Waals surface area contributed by atoms with Gasteiger partial charge in [0.2, 0.25) is 5.88 Å². The SMILES string of the molecule is O=C(O)COc1cc(-c2ccccc2)n(-c2ccccc2)n1.[NaH]. The van der Waals surface area contributed by atoms with Crippen LogP contribution >= 0.6 is 0 Å². The van der Waals surface area contributed by atoms with Crippen molar-refractivity contribution in [3.63, 3.8) is 0 Å². The number of carbonyl (C=O) groups is 1. The zero-order valence-electron chi connectivity index (χ0n) is 11.7. The Kier molecular flexibility index (Phi) is 5.98. The molecule has 5 nitrogen and oxygen atoms in total. The number of aliphatic carboxylic acids is 1. The first kappa shape index (κ1) is 17.3. The van der Waals surface area contributed by atoms with E-state index in [4.69, 9.17) is 9.84 Å². The Labute approximate surface area is 155 Å². The Morgan fingerprint density at radius 3 is 2.26 bits per heavy atom. The fourth-order valence-electron chi connectivity index (χ4n) is 2.15. The van der Waals surface area contributed by atoms with Crippen LogP contribution in [-0.4, -0.2) is 57.0 Å². The summed E-state index contributed by atoms with van der Waals surface area (Å²) in [6, 6.07) is 21.1. The number of aromatic nitrogens is 2. The number of rotatable bonds is 5. The second-order valence-electron chi connectivity index (χ2n) is 4.66. The standard InChI is InChI=1S/C17H14N2O3.Na.H/c20-17(21)12-22-16-11-15(13-7-3-1-4-8-13)19(18-16)14-9-5-2-6-10-14;;/h1-11H,12H2,(H,20,21);;. The summed E-state index contributed by atoms with van der Waals surface area (Å²) in [6.07, 6.45) is 0. The molecule has 6 heteroatoms. The summed E-state index contributed by atoms with van der Waals surface area (Å²) in [5, 5.41) is 13.1. The van der Waals surface area contributed by atoms with Crippen LogP contribution in [0.1, 0.15) is 0 Å². The van der Waals surface area contributed by atoms with Gasteiger partial charge >= 0.3 is 35.5 Å². The molecule has 0 unspecified atom stereocenters. The molecule has 0 saturated carbocycles. The number of nitrogens with zero attached hydrogens (tertiary/aromatic N) is 2. The van der Waals surface area contributed by atoms with Crippen molar-refractivity contribution in [3.8, 4) is 22.8 Å². The van der Waals surface area contributed by atoms with Crippen LogP contribution < -0.4 is 4.74 Å². The van der Waals surface area contributed by atoms with Crippen LogP contribution in [0.4, 0.5) is 0 Å². The first-order valence-electron chi connectivity index (χ1n) is 6.79. The van der Waals surface area contributed by atoms with E-state index in [0.29, 0.717) is 0 Å². The molecule has 2 aromatic carbocycles. The molecule has 0 aliphatic rings. The molecule has 3 rings (SSSR count). The Morgan fingerprint density at radius 2 is 1.65 bits per heavy atom. The molecule has 1 N–H and O–H groups in total. The van der Waals surface area contributed by atoms with Gasteiger partial charge in [-0.25, -0.2) is 9.48 Å². The van der Waals surface area contributed by atoms with E-state index >= 15 is 0 Å². The molecule has 0 atom stereocenters. The van der Waals surface area contributed by atoms with Crippen molar-refractivity contribution in [1.29, 1.82) is 0 Å². The van der Waals surface area contributed by atoms with Crippen molar-refractivity contribution >= 4 is 35.5 Å². The number of carboxylic acids is 1. The molecule has 3 aromatic rings. The van der Waals surface area contributed by atoms with Gasteiger partial charge in [0, 0.05) is 11.6 Å². The topological polar surface area (TPSA) is 64.3 Å². The molecule has 0 aliphatic heterocycles. The fourth-order valence-corrected chi connectivity index (χ4v) is 2.15. The van der Waals surface area contributed by atoms with Crippen LogP contribution in [-0.2, 0) is 4.79 Å². The summed E-state index contributed by atoms with van der Waals surface area (Å²) in [6.45, 7) is -0.417. The van der Waals surface area contributed by atoms with E-state index in [1.165, 1.54) is 0 Å². The number of hydrogen-bond donors (Lipinski definition) is 1. The molecule has 112 valence electrons. The van der Waals surface area contributed by atoms with Gasteiger partial charge in [0.1, 0.15) is 0 Å². The van der Waals surface area contributed by atoms with Gasteiger partial charge in [-0.05, 0) is 12.1 Å². The molecule has 23 heavy (non-hydrogen) atoms. The minimum atomic E-state index is -1.03. The van der Waals surface area contributed by atoms with Crippen LogP contribution in [0.2, 0.25) is 0 Å². The predicted octanol–water partition coefficient (Wildman–Crippen LogP) is 2.35. The average Bonchev–Trinajstić information content (AvgIpc) is 2.99. The zero-order chi connectivity index (χ0) is 15.4. The molecule has 0 saturated heterocycles. The number of hydrogen-bond acceptors (Lipinski definition) is 3. The van der Waals surface area contributed by atoms with Crippen molar-refractivity contribution in [2.24, 2.45) is 0 Å². The molecule has 1 aromatic heterocycles. The van der Waals surface area contributed by atoms with E-state index < -0.39 is 12.6 Å². The Bertz CT molecular complexity index is 716. The van der Waals surface area contributed by atoms with Crippen molar-refractivity contribution in [2.45, 2.75) is 0 Å². The molecular formula is C17H15N2NaO3. The summed E-state index contributed by atoms with van der Waals surface area (Å²) in [5.41, 5.74) is 2.70. The van der Waals surface area contributed by atoms with E-state index in [1.807, 2.05) is 60.7 Å². The van der Waals surface area contributed by atoms with Crippen LogP contribution in [0, 0.1) is 0 Å². The van der Waals surface area contributed by atoms with E-state index in [-0.39, 0.29) is 35.4 Å². The summed E-state index contributed by atoms with van der Waals surface area (Å²) in [7, 11) is 0. The van der Waals surface area contributed by atoms with Gasteiger partial charge < -0.3 is 9.84 Å². The predicted molar refractivity (Wildman–Crippen MR) is 89.3 cm³/mol. The van der Waals surface area contributed by atoms with Crippen LogP contribution in [0.25, 0.3) is 16.9 Å². The first-order valence-corrected chi connectivity index (χ1v) is 6.79. The van der Waals surface area contributed by atoms with Crippen LogP contribution in [0.5, 0.6) is 5.88 Å². The Balaban J connectivity index is 0.00000192. The molecule has 0 aliphatic carbocycles. The summed E-state index contributed by atoms with van der Waals surface area (Å²) >= 11 is 0. The van der Waals surface area contributed by atoms with Gasteiger partial charge in [0.25, 0.3) is 0 Å². The van der Waals surface area contributed by atoms with E-state index in [1.54, 1.807) is 10.7 Å². The third-order valence-corrected chi connectivity index (χ3v) is 3.10. The second kappa shape index (κ2) is 7.97. The number of para-hydroxylation sites is 1. The third kappa shape index (κ3) is 4.22. The van der Waals surface area contributed by atoms with Gasteiger partial charge in [-0.1, -0.05) is 48.5 Å². The minimum absolute atomic E-state index is 0. The van der Waals surface area contributed by atoms with E-state index in [0.717, 1.165) is 16.9 Å². The van der Waals surface area contributed by atoms with Gasteiger partial charge in [-0.2, -0.15) is 0 Å². The first-order chi connectivity index (χ1) is 10.7. The summed E-state index contributed by atoms with van der Waals surface area (Å²) < 4.78 is 6.94. The molecule has 0 fully saturated rings.